The van der Waals surface area contributed by atoms with Gasteiger partial charge in [0.25, 0.3) is 0 Å². The van der Waals surface area contributed by atoms with Crippen molar-refractivity contribution in [1.29, 1.82) is 0 Å². The van der Waals surface area contributed by atoms with E-state index in [4.69, 9.17) is 4.98 Å². The minimum Gasteiger partial charge on any atom is -0.322 e. The quantitative estimate of drug-likeness (QED) is 0.281. The number of hydrogen-bond acceptors (Lipinski definition) is 3. The van der Waals surface area contributed by atoms with E-state index < -0.39 is 0 Å². The first-order valence-corrected chi connectivity index (χ1v) is 12.7. The molecule has 1 aliphatic rings. The van der Waals surface area contributed by atoms with Gasteiger partial charge in [-0.2, -0.15) is 0 Å². The van der Waals surface area contributed by atoms with Crippen molar-refractivity contribution in [3.05, 3.63) is 98.4 Å². The summed E-state index contributed by atoms with van der Waals surface area (Å²) in [5.74, 6) is 0.952. The number of nitrogens with zero attached hydrogens (tertiary/aromatic N) is 4. The Labute approximate surface area is 210 Å². The lowest BCUT2D eigenvalue weighted by Crippen LogP contribution is -2.45. The third-order valence-electron chi connectivity index (χ3n) is 6.22. The Morgan fingerprint density at radius 3 is 2.18 bits per heavy atom. The van der Waals surface area contributed by atoms with Gasteiger partial charge in [0.15, 0.2) is 0 Å². The summed E-state index contributed by atoms with van der Waals surface area (Å²) in [5.41, 5.74) is 4.20. The van der Waals surface area contributed by atoms with Crippen LogP contribution in [0.2, 0.25) is 0 Å². The lowest BCUT2D eigenvalue weighted by molar-refractivity contribution is 0.118. The molecule has 0 radical (unpaired) electrons. The fraction of sp³-hybridized carbons (Fsp3) is 0.269. The zero-order chi connectivity index (χ0) is 22.8. The predicted molar refractivity (Wildman–Crippen MR) is 138 cm³/mol. The first-order valence-electron chi connectivity index (χ1n) is 11.1. The highest BCUT2D eigenvalue weighted by Crippen LogP contribution is 2.22. The molecule has 0 saturated carbocycles. The number of fused-ring (bicyclic) bond motifs is 1. The van der Waals surface area contributed by atoms with Gasteiger partial charge >= 0.3 is 0 Å². The normalized spacial score (nSPS) is 15.4. The van der Waals surface area contributed by atoms with E-state index in [0.717, 1.165) is 65.1 Å². The SMILES string of the molecule is Fc1ccc(Br)cc1CN1CCN(Cc2nc3ccccc3n2Cc2ccc(Br)cc2)CC1. The van der Waals surface area contributed by atoms with Gasteiger partial charge in [-0.25, -0.2) is 9.37 Å². The van der Waals surface area contributed by atoms with Gasteiger partial charge < -0.3 is 4.57 Å². The van der Waals surface area contributed by atoms with E-state index in [1.165, 1.54) is 17.1 Å². The molecule has 1 fully saturated rings. The van der Waals surface area contributed by atoms with Crippen LogP contribution in [-0.2, 0) is 19.6 Å². The van der Waals surface area contributed by atoms with Crippen molar-refractivity contribution >= 4 is 42.9 Å². The summed E-state index contributed by atoms with van der Waals surface area (Å²) in [6.07, 6.45) is 0. The molecule has 0 atom stereocenters. The molecule has 7 heteroatoms. The van der Waals surface area contributed by atoms with Crippen LogP contribution in [0, 0.1) is 5.82 Å². The molecule has 0 amide bonds. The van der Waals surface area contributed by atoms with Gasteiger partial charge in [-0.3, -0.25) is 9.80 Å². The van der Waals surface area contributed by atoms with Crippen LogP contribution in [-0.4, -0.2) is 45.5 Å². The molecule has 170 valence electrons. The predicted octanol–water partition coefficient (Wildman–Crippen LogP) is 6.07. The van der Waals surface area contributed by atoms with Crippen LogP contribution >= 0.6 is 31.9 Å². The summed E-state index contributed by atoms with van der Waals surface area (Å²) in [5, 5.41) is 0. The summed E-state index contributed by atoms with van der Waals surface area (Å²) in [7, 11) is 0. The highest BCUT2D eigenvalue weighted by molar-refractivity contribution is 9.10. The zero-order valence-electron chi connectivity index (χ0n) is 18.2. The maximum Gasteiger partial charge on any atom is 0.127 e. The van der Waals surface area contributed by atoms with Crippen LogP contribution < -0.4 is 0 Å². The van der Waals surface area contributed by atoms with Crippen molar-refractivity contribution < 1.29 is 4.39 Å². The second-order valence-electron chi connectivity index (χ2n) is 8.52. The number of imidazole rings is 1. The number of piperazine rings is 1. The van der Waals surface area contributed by atoms with Crippen LogP contribution in [0.3, 0.4) is 0 Å². The van der Waals surface area contributed by atoms with E-state index in [1.54, 1.807) is 6.07 Å². The molecular weight excluding hydrogens is 547 g/mol. The third-order valence-corrected chi connectivity index (χ3v) is 7.24. The van der Waals surface area contributed by atoms with E-state index in [9.17, 15) is 4.39 Å². The van der Waals surface area contributed by atoms with Gasteiger partial charge in [-0.05, 0) is 48.0 Å². The third kappa shape index (κ3) is 5.38. The Balaban J connectivity index is 1.28. The molecule has 2 heterocycles. The number of rotatable bonds is 6. The topological polar surface area (TPSA) is 24.3 Å². The summed E-state index contributed by atoms with van der Waals surface area (Å²) in [6, 6.07) is 22.0. The maximum atomic E-state index is 14.2. The molecule has 0 spiro atoms. The summed E-state index contributed by atoms with van der Waals surface area (Å²) < 4.78 is 18.5. The van der Waals surface area contributed by atoms with Crippen molar-refractivity contribution in [3.63, 3.8) is 0 Å². The summed E-state index contributed by atoms with van der Waals surface area (Å²) in [6.45, 7) is 5.96. The number of aromatic nitrogens is 2. The molecule has 0 bridgehead atoms. The Hall–Kier alpha value is -2.06. The fourth-order valence-corrected chi connectivity index (χ4v) is 5.08. The lowest BCUT2D eigenvalue weighted by atomic mass is 10.2. The Bertz CT molecular complexity index is 1250. The van der Waals surface area contributed by atoms with Crippen molar-refractivity contribution in [1.82, 2.24) is 19.4 Å². The van der Waals surface area contributed by atoms with Crippen molar-refractivity contribution in [2.75, 3.05) is 26.2 Å². The van der Waals surface area contributed by atoms with E-state index in [1.807, 2.05) is 12.1 Å². The Kier molecular flexibility index (Phi) is 6.92. The second kappa shape index (κ2) is 10.1. The molecule has 0 unspecified atom stereocenters. The van der Waals surface area contributed by atoms with Crippen molar-refractivity contribution in [2.24, 2.45) is 0 Å². The molecule has 4 nitrogen and oxygen atoms in total. The molecule has 1 aliphatic heterocycles. The minimum atomic E-state index is -0.137. The number of para-hydroxylation sites is 2. The lowest BCUT2D eigenvalue weighted by Gasteiger charge is -2.34. The monoisotopic (exact) mass is 570 g/mol. The van der Waals surface area contributed by atoms with Gasteiger partial charge in [-0.15, -0.1) is 0 Å². The number of benzene rings is 3. The van der Waals surface area contributed by atoms with E-state index in [-0.39, 0.29) is 5.82 Å². The average Bonchev–Trinajstić information content (AvgIpc) is 3.16. The molecule has 1 aromatic heterocycles. The van der Waals surface area contributed by atoms with Gasteiger partial charge in [0.2, 0.25) is 0 Å². The van der Waals surface area contributed by atoms with Crippen LogP contribution in [0.15, 0.2) is 75.7 Å². The van der Waals surface area contributed by atoms with Crippen LogP contribution in [0.25, 0.3) is 11.0 Å². The van der Waals surface area contributed by atoms with E-state index >= 15 is 0 Å². The molecule has 1 saturated heterocycles. The standard InChI is InChI=1S/C26H25Br2FN4/c27-21-7-5-19(6-8-21)16-33-25-4-2-1-3-24(25)30-26(33)18-32-13-11-31(12-14-32)17-20-15-22(28)9-10-23(20)29/h1-10,15H,11-14,16-18H2. The fourth-order valence-electron chi connectivity index (χ4n) is 4.41. The molecule has 0 aliphatic carbocycles. The van der Waals surface area contributed by atoms with Crippen LogP contribution in [0.4, 0.5) is 4.39 Å². The van der Waals surface area contributed by atoms with E-state index in [0.29, 0.717) is 6.54 Å². The first-order chi connectivity index (χ1) is 16.0. The summed E-state index contributed by atoms with van der Waals surface area (Å²) in [4.78, 5) is 9.75. The van der Waals surface area contributed by atoms with Gasteiger partial charge in [-0.1, -0.05) is 56.1 Å². The van der Waals surface area contributed by atoms with Gasteiger partial charge in [0.1, 0.15) is 11.6 Å². The Morgan fingerprint density at radius 2 is 1.42 bits per heavy atom. The van der Waals surface area contributed by atoms with E-state index in [2.05, 4.69) is 88.7 Å². The highest BCUT2D eigenvalue weighted by atomic mass is 79.9. The van der Waals surface area contributed by atoms with Crippen LogP contribution in [0.1, 0.15) is 17.0 Å². The molecule has 4 aromatic rings. The molecular formula is C26H25Br2FN4. The zero-order valence-corrected chi connectivity index (χ0v) is 21.4. The Morgan fingerprint density at radius 1 is 0.758 bits per heavy atom. The summed E-state index contributed by atoms with van der Waals surface area (Å²) >= 11 is 6.97. The molecule has 5 rings (SSSR count). The first kappa shape index (κ1) is 22.7. The average molecular weight is 572 g/mol. The van der Waals surface area contributed by atoms with Crippen molar-refractivity contribution in [2.45, 2.75) is 19.6 Å². The van der Waals surface area contributed by atoms with Gasteiger partial charge in [0.05, 0.1) is 17.6 Å². The maximum absolute atomic E-state index is 14.2. The largest absolute Gasteiger partial charge is 0.322 e. The number of hydrogen-bond donors (Lipinski definition) is 0. The molecule has 3 aromatic carbocycles. The number of halogens is 3. The highest BCUT2D eigenvalue weighted by Gasteiger charge is 2.21. The van der Waals surface area contributed by atoms with Crippen LogP contribution in [0.5, 0.6) is 0 Å². The molecule has 0 N–H and O–H groups in total. The van der Waals surface area contributed by atoms with Gasteiger partial charge in [0, 0.05) is 53.8 Å². The molecule has 33 heavy (non-hydrogen) atoms. The van der Waals surface area contributed by atoms with Crippen molar-refractivity contribution in [3.8, 4) is 0 Å². The second-order valence-corrected chi connectivity index (χ2v) is 10.3. The smallest absolute Gasteiger partial charge is 0.127 e. The minimum absolute atomic E-state index is 0.137.